The molecule has 1 aliphatic rings. The summed E-state index contributed by atoms with van der Waals surface area (Å²) < 4.78 is 11.0. The molecule has 1 amide bonds. The van der Waals surface area contributed by atoms with E-state index in [1.807, 2.05) is 48.2 Å². The number of hydrogen-bond donors (Lipinski definition) is 0. The van der Waals surface area contributed by atoms with E-state index in [9.17, 15) is 4.79 Å². The first-order valence-electron chi connectivity index (χ1n) is 9.02. The number of methoxy groups -OCH3 is 1. The maximum Gasteiger partial charge on any atom is 0.300 e. The SMILES string of the molecule is COc1ccc(CC(=O)N2CCN(c3nc4nc(C)ccc4o3)CC2)cc1. The van der Waals surface area contributed by atoms with Crippen LogP contribution in [0, 0.1) is 6.92 Å². The number of oxazole rings is 1. The van der Waals surface area contributed by atoms with Crippen molar-refractivity contribution in [2.75, 3.05) is 38.2 Å². The van der Waals surface area contributed by atoms with Gasteiger partial charge in [-0.25, -0.2) is 4.98 Å². The van der Waals surface area contributed by atoms with Crippen LogP contribution in [0.1, 0.15) is 11.3 Å². The summed E-state index contributed by atoms with van der Waals surface area (Å²) in [6.07, 6.45) is 0.399. The third-order valence-corrected chi connectivity index (χ3v) is 4.80. The minimum Gasteiger partial charge on any atom is -0.497 e. The van der Waals surface area contributed by atoms with E-state index in [-0.39, 0.29) is 5.91 Å². The zero-order valence-electron chi connectivity index (χ0n) is 15.5. The Morgan fingerprint density at radius 1 is 1.07 bits per heavy atom. The Morgan fingerprint density at radius 3 is 2.52 bits per heavy atom. The molecule has 1 aromatic carbocycles. The van der Waals surface area contributed by atoms with Gasteiger partial charge in [-0.2, -0.15) is 4.98 Å². The zero-order valence-corrected chi connectivity index (χ0v) is 15.5. The van der Waals surface area contributed by atoms with Crippen LogP contribution in [0.5, 0.6) is 5.75 Å². The molecule has 1 aliphatic heterocycles. The molecular weight excluding hydrogens is 344 g/mol. The Kier molecular flexibility index (Phi) is 4.66. The normalized spacial score (nSPS) is 14.6. The maximum atomic E-state index is 12.6. The number of ether oxygens (including phenoxy) is 1. The summed E-state index contributed by atoms with van der Waals surface area (Å²) in [5, 5.41) is 0. The highest BCUT2D eigenvalue weighted by Gasteiger charge is 2.24. The first-order valence-corrected chi connectivity index (χ1v) is 9.02. The molecular formula is C20H22N4O3. The second kappa shape index (κ2) is 7.26. The second-order valence-electron chi connectivity index (χ2n) is 6.66. The summed E-state index contributed by atoms with van der Waals surface area (Å²) in [6.45, 7) is 4.63. The van der Waals surface area contributed by atoms with Crippen LogP contribution in [0.25, 0.3) is 11.2 Å². The van der Waals surface area contributed by atoms with Crippen molar-refractivity contribution < 1.29 is 13.9 Å². The minimum atomic E-state index is 0.134. The number of aryl methyl sites for hydroxylation is 1. The number of piperazine rings is 1. The molecule has 3 aromatic rings. The lowest BCUT2D eigenvalue weighted by Crippen LogP contribution is -2.49. The standard InChI is InChI=1S/C20H22N4O3/c1-14-3-8-17-19(21-14)22-20(27-17)24-11-9-23(10-12-24)18(25)13-15-4-6-16(26-2)7-5-15/h3-8H,9-13H2,1-2H3. The fourth-order valence-corrected chi connectivity index (χ4v) is 3.21. The number of carbonyl (C=O) groups excluding carboxylic acids is 1. The molecule has 27 heavy (non-hydrogen) atoms. The number of benzene rings is 1. The molecule has 0 spiro atoms. The molecule has 0 atom stereocenters. The van der Waals surface area contributed by atoms with E-state index in [0.29, 0.717) is 49.8 Å². The van der Waals surface area contributed by atoms with E-state index in [1.165, 1.54) is 0 Å². The number of amides is 1. The van der Waals surface area contributed by atoms with Crippen molar-refractivity contribution in [3.8, 4) is 5.75 Å². The summed E-state index contributed by atoms with van der Waals surface area (Å²) in [5.41, 5.74) is 3.22. The molecule has 0 bridgehead atoms. The van der Waals surface area contributed by atoms with Gasteiger partial charge in [0, 0.05) is 31.9 Å². The first-order chi connectivity index (χ1) is 13.1. The first kappa shape index (κ1) is 17.3. The van der Waals surface area contributed by atoms with Crippen LogP contribution >= 0.6 is 0 Å². The van der Waals surface area contributed by atoms with Crippen LogP contribution in [-0.4, -0.2) is 54.1 Å². The zero-order chi connectivity index (χ0) is 18.8. The second-order valence-corrected chi connectivity index (χ2v) is 6.66. The molecule has 0 radical (unpaired) electrons. The number of aromatic nitrogens is 2. The largest absolute Gasteiger partial charge is 0.497 e. The van der Waals surface area contributed by atoms with Crippen LogP contribution in [0.2, 0.25) is 0 Å². The highest BCUT2D eigenvalue weighted by atomic mass is 16.5. The third-order valence-electron chi connectivity index (χ3n) is 4.80. The number of hydrogen-bond acceptors (Lipinski definition) is 6. The topological polar surface area (TPSA) is 71.7 Å². The van der Waals surface area contributed by atoms with E-state index in [0.717, 1.165) is 17.0 Å². The highest BCUT2D eigenvalue weighted by Crippen LogP contribution is 2.22. The van der Waals surface area contributed by atoms with Crippen molar-refractivity contribution in [2.45, 2.75) is 13.3 Å². The molecule has 0 N–H and O–H groups in total. The number of fused-ring (bicyclic) bond motifs is 1. The predicted octanol–water partition coefficient (Wildman–Crippen LogP) is 2.43. The number of carbonyl (C=O) groups is 1. The van der Waals surface area contributed by atoms with Crippen molar-refractivity contribution in [3.63, 3.8) is 0 Å². The Balaban J connectivity index is 1.36. The van der Waals surface area contributed by atoms with Gasteiger partial charge in [-0.3, -0.25) is 4.79 Å². The van der Waals surface area contributed by atoms with Crippen LogP contribution in [0.4, 0.5) is 6.01 Å². The monoisotopic (exact) mass is 366 g/mol. The summed E-state index contributed by atoms with van der Waals surface area (Å²) in [6, 6.07) is 12.0. The molecule has 1 saturated heterocycles. The molecule has 7 heteroatoms. The van der Waals surface area contributed by atoms with Crippen LogP contribution in [0.15, 0.2) is 40.8 Å². The van der Waals surface area contributed by atoms with Gasteiger partial charge in [-0.1, -0.05) is 12.1 Å². The highest BCUT2D eigenvalue weighted by molar-refractivity contribution is 5.79. The number of anilines is 1. The van der Waals surface area contributed by atoms with Crippen molar-refractivity contribution in [3.05, 3.63) is 47.7 Å². The molecule has 3 heterocycles. The lowest BCUT2D eigenvalue weighted by molar-refractivity contribution is -0.130. The van der Waals surface area contributed by atoms with E-state index >= 15 is 0 Å². The lowest BCUT2D eigenvalue weighted by Gasteiger charge is -2.33. The molecule has 2 aromatic heterocycles. The maximum absolute atomic E-state index is 12.6. The Bertz CT molecular complexity index is 944. The summed E-state index contributed by atoms with van der Waals surface area (Å²) >= 11 is 0. The van der Waals surface area contributed by atoms with E-state index in [4.69, 9.17) is 9.15 Å². The smallest absolute Gasteiger partial charge is 0.300 e. The number of rotatable bonds is 4. The van der Waals surface area contributed by atoms with Gasteiger partial charge >= 0.3 is 0 Å². The minimum absolute atomic E-state index is 0.134. The van der Waals surface area contributed by atoms with Crippen LogP contribution in [0.3, 0.4) is 0 Å². The van der Waals surface area contributed by atoms with Gasteiger partial charge in [0.05, 0.1) is 13.5 Å². The van der Waals surface area contributed by atoms with Crippen LogP contribution < -0.4 is 9.64 Å². The van der Waals surface area contributed by atoms with Gasteiger partial charge in [-0.15, -0.1) is 0 Å². The van der Waals surface area contributed by atoms with Gasteiger partial charge in [0.15, 0.2) is 5.58 Å². The van der Waals surface area contributed by atoms with Crippen molar-refractivity contribution in [1.29, 1.82) is 0 Å². The molecule has 0 saturated carbocycles. The van der Waals surface area contributed by atoms with Crippen molar-refractivity contribution in [1.82, 2.24) is 14.9 Å². The van der Waals surface area contributed by atoms with E-state index in [2.05, 4.69) is 14.9 Å². The van der Waals surface area contributed by atoms with E-state index in [1.54, 1.807) is 7.11 Å². The third kappa shape index (κ3) is 3.72. The van der Waals surface area contributed by atoms with Gasteiger partial charge < -0.3 is 19.0 Å². The number of nitrogens with zero attached hydrogens (tertiary/aromatic N) is 4. The summed E-state index contributed by atoms with van der Waals surface area (Å²) in [7, 11) is 1.63. The quantitative estimate of drug-likeness (QED) is 0.706. The predicted molar refractivity (Wildman–Crippen MR) is 102 cm³/mol. The fraction of sp³-hybridized carbons (Fsp3) is 0.350. The Labute approximate surface area is 157 Å². The molecule has 140 valence electrons. The van der Waals surface area contributed by atoms with Crippen molar-refractivity contribution >= 4 is 23.2 Å². The molecule has 4 rings (SSSR count). The van der Waals surface area contributed by atoms with Crippen molar-refractivity contribution in [2.24, 2.45) is 0 Å². The van der Waals surface area contributed by atoms with Gasteiger partial charge in [0.2, 0.25) is 11.6 Å². The molecule has 7 nitrogen and oxygen atoms in total. The van der Waals surface area contributed by atoms with E-state index < -0.39 is 0 Å². The van der Waals surface area contributed by atoms with Gasteiger partial charge in [-0.05, 0) is 36.8 Å². The molecule has 0 aliphatic carbocycles. The Hall–Kier alpha value is -3.09. The van der Waals surface area contributed by atoms with Gasteiger partial charge in [0.1, 0.15) is 5.75 Å². The average Bonchev–Trinajstić information content (AvgIpc) is 3.12. The fourth-order valence-electron chi connectivity index (χ4n) is 3.21. The summed E-state index contributed by atoms with van der Waals surface area (Å²) in [4.78, 5) is 25.4. The Morgan fingerprint density at radius 2 is 1.81 bits per heavy atom. The van der Waals surface area contributed by atoms with Gasteiger partial charge in [0.25, 0.3) is 6.01 Å². The van der Waals surface area contributed by atoms with Crippen LogP contribution in [-0.2, 0) is 11.2 Å². The lowest BCUT2D eigenvalue weighted by atomic mass is 10.1. The number of pyridine rings is 1. The molecule has 0 unspecified atom stereocenters. The molecule has 1 fully saturated rings. The summed E-state index contributed by atoms with van der Waals surface area (Å²) in [5.74, 6) is 0.928. The average molecular weight is 366 g/mol.